The number of alkyl halides is 3. The van der Waals surface area contributed by atoms with Gasteiger partial charge in [-0.05, 0) is 48.5 Å². The van der Waals surface area contributed by atoms with Crippen molar-refractivity contribution in [2.45, 2.75) is 6.18 Å². The van der Waals surface area contributed by atoms with E-state index in [1.807, 2.05) is 0 Å². The minimum absolute atomic E-state index is 0.0166. The van der Waals surface area contributed by atoms with E-state index in [0.29, 0.717) is 5.56 Å². The highest BCUT2D eigenvalue weighted by Gasteiger charge is 2.28. The summed E-state index contributed by atoms with van der Waals surface area (Å²) in [6.07, 6.45) is -4.41. The van der Waals surface area contributed by atoms with Gasteiger partial charge in [-0.3, -0.25) is 4.79 Å². The lowest BCUT2D eigenvalue weighted by atomic mass is 10.0. The lowest BCUT2D eigenvalue weighted by molar-refractivity contribution is -0.153. The molecule has 0 aromatic heterocycles. The maximum atomic E-state index is 12.8. The van der Waals surface area contributed by atoms with E-state index in [1.54, 1.807) is 0 Å². The van der Waals surface area contributed by atoms with Crippen LogP contribution in [0.15, 0.2) is 48.5 Å². The van der Waals surface area contributed by atoms with Crippen LogP contribution < -0.4 is 4.74 Å². The van der Waals surface area contributed by atoms with Gasteiger partial charge in [-0.2, -0.15) is 13.2 Å². The molecule has 0 saturated carbocycles. The van der Waals surface area contributed by atoms with E-state index in [-0.39, 0.29) is 17.1 Å². The first kappa shape index (κ1) is 15.0. The molecule has 2 aromatic rings. The van der Waals surface area contributed by atoms with Crippen molar-refractivity contribution in [2.24, 2.45) is 0 Å². The Hall–Kier alpha value is -2.37. The molecule has 0 N–H and O–H groups in total. The van der Waals surface area contributed by atoms with Crippen LogP contribution in [-0.4, -0.2) is 18.6 Å². The minimum atomic E-state index is -4.41. The van der Waals surface area contributed by atoms with Crippen LogP contribution in [0.25, 0.3) is 0 Å². The van der Waals surface area contributed by atoms with E-state index in [4.69, 9.17) is 0 Å². The van der Waals surface area contributed by atoms with Crippen LogP contribution in [0.5, 0.6) is 5.75 Å². The van der Waals surface area contributed by atoms with Gasteiger partial charge in [0.15, 0.2) is 12.4 Å². The Morgan fingerprint density at radius 3 is 1.86 bits per heavy atom. The molecule has 0 radical (unpaired) electrons. The summed E-state index contributed by atoms with van der Waals surface area (Å²) in [6, 6.07) is 10.3. The number of carbonyl (C=O) groups excluding carboxylic acids is 1. The summed E-state index contributed by atoms with van der Waals surface area (Å²) in [7, 11) is 0. The van der Waals surface area contributed by atoms with E-state index >= 15 is 0 Å². The van der Waals surface area contributed by atoms with E-state index in [2.05, 4.69) is 4.74 Å². The van der Waals surface area contributed by atoms with Gasteiger partial charge in [-0.1, -0.05) is 0 Å². The Labute approximate surface area is 118 Å². The summed E-state index contributed by atoms with van der Waals surface area (Å²) >= 11 is 0. The topological polar surface area (TPSA) is 26.3 Å². The van der Waals surface area contributed by atoms with Crippen molar-refractivity contribution in [3.8, 4) is 5.75 Å². The van der Waals surface area contributed by atoms with Gasteiger partial charge in [0.2, 0.25) is 0 Å². The van der Waals surface area contributed by atoms with Gasteiger partial charge in [-0.25, -0.2) is 4.39 Å². The molecule has 0 aliphatic rings. The zero-order valence-electron chi connectivity index (χ0n) is 10.7. The molecular formula is C15H10F4O2. The molecule has 21 heavy (non-hydrogen) atoms. The molecule has 110 valence electrons. The normalized spacial score (nSPS) is 11.2. The molecule has 0 atom stereocenters. The number of halogens is 4. The second-order valence-corrected chi connectivity index (χ2v) is 4.26. The van der Waals surface area contributed by atoms with Crippen LogP contribution in [0.2, 0.25) is 0 Å². The van der Waals surface area contributed by atoms with Crippen LogP contribution in [-0.2, 0) is 0 Å². The van der Waals surface area contributed by atoms with Crippen LogP contribution in [0.4, 0.5) is 17.6 Å². The highest BCUT2D eigenvalue weighted by Crippen LogP contribution is 2.20. The fourth-order valence-electron chi connectivity index (χ4n) is 1.64. The maximum absolute atomic E-state index is 12.8. The smallest absolute Gasteiger partial charge is 0.422 e. The molecule has 0 heterocycles. The van der Waals surface area contributed by atoms with Gasteiger partial charge >= 0.3 is 6.18 Å². The molecule has 0 spiro atoms. The zero-order valence-corrected chi connectivity index (χ0v) is 10.7. The van der Waals surface area contributed by atoms with Gasteiger partial charge in [0, 0.05) is 11.1 Å². The van der Waals surface area contributed by atoms with Gasteiger partial charge in [-0.15, -0.1) is 0 Å². The first-order chi connectivity index (χ1) is 9.85. The number of hydrogen-bond donors (Lipinski definition) is 0. The predicted octanol–water partition coefficient (Wildman–Crippen LogP) is 4.00. The lowest BCUT2D eigenvalue weighted by Gasteiger charge is -2.09. The summed E-state index contributed by atoms with van der Waals surface area (Å²) in [5, 5.41) is 0. The molecule has 0 bridgehead atoms. The first-order valence-corrected chi connectivity index (χ1v) is 5.95. The lowest BCUT2D eigenvalue weighted by Crippen LogP contribution is -2.19. The van der Waals surface area contributed by atoms with Crippen molar-refractivity contribution in [1.29, 1.82) is 0 Å². The Morgan fingerprint density at radius 2 is 1.38 bits per heavy atom. The molecule has 0 aliphatic heterocycles. The fraction of sp³-hybridized carbons (Fsp3) is 0.133. The number of benzene rings is 2. The molecule has 0 unspecified atom stereocenters. The maximum Gasteiger partial charge on any atom is 0.422 e. The molecule has 2 rings (SSSR count). The molecular weight excluding hydrogens is 288 g/mol. The second kappa shape index (κ2) is 5.95. The Bertz CT molecular complexity index is 616. The Morgan fingerprint density at radius 1 is 0.905 bits per heavy atom. The zero-order chi connectivity index (χ0) is 15.5. The fourth-order valence-corrected chi connectivity index (χ4v) is 1.64. The largest absolute Gasteiger partial charge is 0.484 e. The van der Waals surface area contributed by atoms with E-state index < -0.39 is 18.6 Å². The quantitative estimate of drug-likeness (QED) is 0.630. The summed E-state index contributed by atoms with van der Waals surface area (Å²) in [5.41, 5.74) is 0.571. The van der Waals surface area contributed by atoms with E-state index in [0.717, 1.165) is 12.1 Å². The minimum Gasteiger partial charge on any atom is -0.484 e. The van der Waals surface area contributed by atoms with Gasteiger partial charge in [0.25, 0.3) is 0 Å². The third-order valence-corrected chi connectivity index (χ3v) is 2.63. The first-order valence-electron chi connectivity index (χ1n) is 5.95. The van der Waals surface area contributed by atoms with Crippen LogP contribution in [0, 0.1) is 5.82 Å². The van der Waals surface area contributed by atoms with Crippen LogP contribution >= 0.6 is 0 Å². The number of carbonyl (C=O) groups is 1. The Kier molecular flexibility index (Phi) is 4.26. The molecule has 0 aliphatic carbocycles. The van der Waals surface area contributed by atoms with Crippen molar-refractivity contribution in [2.75, 3.05) is 6.61 Å². The Balaban J connectivity index is 2.08. The second-order valence-electron chi connectivity index (χ2n) is 4.26. The predicted molar refractivity (Wildman–Crippen MR) is 67.8 cm³/mol. The van der Waals surface area contributed by atoms with Gasteiger partial charge < -0.3 is 4.74 Å². The van der Waals surface area contributed by atoms with E-state index in [1.165, 1.54) is 36.4 Å². The number of ketones is 1. The van der Waals surface area contributed by atoms with Crippen molar-refractivity contribution in [1.82, 2.24) is 0 Å². The van der Waals surface area contributed by atoms with Crippen molar-refractivity contribution >= 4 is 5.78 Å². The molecule has 0 fully saturated rings. The van der Waals surface area contributed by atoms with Crippen molar-refractivity contribution in [3.05, 3.63) is 65.5 Å². The summed E-state index contributed by atoms with van der Waals surface area (Å²) in [5.74, 6) is -0.789. The SMILES string of the molecule is O=C(c1ccc(F)cc1)c1ccc(OCC(F)(F)F)cc1. The summed E-state index contributed by atoms with van der Waals surface area (Å²) in [4.78, 5) is 12.0. The molecule has 0 saturated heterocycles. The third kappa shape index (κ3) is 4.30. The summed E-state index contributed by atoms with van der Waals surface area (Å²) in [6.45, 7) is -1.39. The standard InChI is InChI=1S/C15H10F4O2/c16-12-5-1-10(2-6-12)14(20)11-3-7-13(8-4-11)21-9-15(17,18)19/h1-8H,9H2. The molecule has 2 aromatic carbocycles. The van der Waals surface area contributed by atoms with E-state index in [9.17, 15) is 22.4 Å². The summed E-state index contributed by atoms with van der Waals surface area (Å²) < 4.78 is 53.3. The molecule has 6 heteroatoms. The highest BCUT2D eigenvalue weighted by molar-refractivity contribution is 6.08. The molecule has 2 nitrogen and oxygen atoms in total. The van der Waals surface area contributed by atoms with Gasteiger partial charge in [0.1, 0.15) is 11.6 Å². The van der Waals surface area contributed by atoms with Crippen LogP contribution in [0.3, 0.4) is 0 Å². The van der Waals surface area contributed by atoms with Crippen molar-refractivity contribution < 1.29 is 27.1 Å². The number of ether oxygens (including phenoxy) is 1. The van der Waals surface area contributed by atoms with Crippen molar-refractivity contribution in [3.63, 3.8) is 0 Å². The van der Waals surface area contributed by atoms with Crippen LogP contribution in [0.1, 0.15) is 15.9 Å². The molecule has 0 amide bonds. The third-order valence-electron chi connectivity index (χ3n) is 2.63. The highest BCUT2D eigenvalue weighted by atomic mass is 19.4. The monoisotopic (exact) mass is 298 g/mol. The number of rotatable bonds is 4. The average Bonchev–Trinajstić information content (AvgIpc) is 2.45. The average molecular weight is 298 g/mol. The number of hydrogen-bond acceptors (Lipinski definition) is 2. The van der Waals surface area contributed by atoms with Gasteiger partial charge in [0.05, 0.1) is 0 Å².